The highest BCUT2D eigenvalue weighted by Gasteiger charge is 2.20. The summed E-state index contributed by atoms with van der Waals surface area (Å²) in [6, 6.07) is 0.462. The third-order valence-corrected chi connectivity index (χ3v) is 3.33. The molecule has 1 aromatic rings. The van der Waals surface area contributed by atoms with Crippen molar-refractivity contribution in [3.8, 4) is 0 Å². The third kappa shape index (κ3) is 2.83. The molecule has 1 saturated heterocycles. The lowest BCUT2D eigenvalue weighted by molar-refractivity contribution is 0.0951. The highest BCUT2D eigenvalue weighted by Crippen LogP contribution is 2.18. The number of aromatic nitrogens is 2. The Balaban J connectivity index is 1.87. The Bertz CT molecular complexity index is 318. The first kappa shape index (κ1) is 11.6. The molecule has 4 nitrogen and oxygen atoms in total. The molecule has 2 atom stereocenters. The maximum absolute atomic E-state index is 5.67. The molecule has 0 aliphatic carbocycles. The number of imidazole rings is 1. The van der Waals surface area contributed by atoms with Crippen LogP contribution in [-0.2, 0) is 18.2 Å². The van der Waals surface area contributed by atoms with Crippen molar-refractivity contribution in [2.45, 2.75) is 37.8 Å². The molecule has 2 unspecified atom stereocenters. The fourth-order valence-electron chi connectivity index (χ4n) is 2.26. The number of rotatable bonds is 5. The fourth-order valence-corrected chi connectivity index (χ4v) is 2.26. The van der Waals surface area contributed by atoms with Gasteiger partial charge in [-0.05, 0) is 26.3 Å². The van der Waals surface area contributed by atoms with Gasteiger partial charge in [-0.25, -0.2) is 4.98 Å². The van der Waals surface area contributed by atoms with Gasteiger partial charge in [-0.2, -0.15) is 0 Å². The van der Waals surface area contributed by atoms with Crippen molar-refractivity contribution in [3.63, 3.8) is 0 Å². The van der Waals surface area contributed by atoms with E-state index in [0.29, 0.717) is 12.1 Å². The molecule has 0 bridgehead atoms. The molecule has 0 spiro atoms. The summed E-state index contributed by atoms with van der Waals surface area (Å²) in [5.41, 5.74) is 0. The minimum absolute atomic E-state index is 0.442. The van der Waals surface area contributed by atoms with Crippen molar-refractivity contribution in [2.24, 2.45) is 7.05 Å². The van der Waals surface area contributed by atoms with Crippen LogP contribution in [0.4, 0.5) is 0 Å². The summed E-state index contributed by atoms with van der Waals surface area (Å²) in [4.78, 5) is 4.36. The smallest absolute Gasteiger partial charge is 0.109 e. The minimum atomic E-state index is 0.442. The molecule has 1 fully saturated rings. The number of hydrogen-bond donors (Lipinski definition) is 1. The summed E-state index contributed by atoms with van der Waals surface area (Å²) in [6.07, 6.45) is 8.77. The van der Waals surface area contributed by atoms with Crippen LogP contribution in [0.15, 0.2) is 12.4 Å². The van der Waals surface area contributed by atoms with E-state index in [4.69, 9.17) is 4.74 Å². The van der Waals surface area contributed by atoms with Gasteiger partial charge in [0.2, 0.25) is 0 Å². The molecule has 16 heavy (non-hydrogen) atoms. The van der Waals surface area contributed by atoms with Gasteiger partial charge >= 0.3 is 0 Å². The van der Waals surface area contributed by atoms with Gasteiger partial charge in [-0.15, -0.1) is 0 Å². The van der Waals surface area contributed by atoms with Crippen molar-refractivity contribution in [2.75, 3.05) is 13.7 Å². The summed E-state index contributed by atoms with van der Waals surface area (Å²) in [5, 5.41) is 3.36. The molecule has 0 aromatic carbocycles. The van der Waals surface area contributed by atoms with Crippen molar-refractivity contribution in [1.29, 1.82) is 0 Å². The van der Waals surface area contributed by atoms with Crippen molar-refractivity contribution < 1.29 is 4.74 Å². The second kappa shape index (κ2) is 5.46. The Morgan fingerprint density at radius 1 is 1.69 bits per heavy atom. The Hall–Kier alpha value is -0.870. The molecule has 1 aliphatic heterocycles. The van der Waals surface area contributed by atoms with E-state index in [9.17, 15) is 0 Å². The number of nitrogens with one attached hydrogen (secondary N) is 1. The highest BCUT2D eigenvalue weighted by molar-refractivity contribution is 4.95. The Morgan fingerprint density at radius 2 is 2.56 bits per heavy atom. The van der Waals surface area contributed by atoms with Crippen LogP contribution in [0.3, 0.4) is 0 Å². The van der Waals surface area contributed by atoms with Crippen LogP contribution in [0.1, 0.15) is 25.1 Å². The fraction of sp³-hybridized carbons (Fsp3) is 0.750. The van der Waals surface area contributed by atoms with Gasteiger partial charge in [0.05, 0.1) is 6.10 Å². The molecule has 90 valence electrons. The lowest BCUT2D eigenvalue weighted by atomic mass is 10.0. The summed E-state index contributed by atoms with van der Waals surface area (Å²) in [7, 11) is 4.06. The Labute approximate surface area is 97.0 Å². The topological polar surface area (TPSA) is 39.1 Å². The number of nitrogens with zero attached hydrogens (tertiary/aromatic N) is 2. The average Bonchev–Trinajstić information content (AvgIpc) is 2.90. The van der Waals surface area contributed by atoms with Gasteiger partial charge in [0, 0.05) is 38.5 Å². The van der Waals surface area contributed by atoms with Crippen LogP contribution in [0, 0.1) is 0 Å². The highest BCUT2D eigenvalue weighted by atomic mass is 16.5. The second-order valence-electron chi connectivity index (χ2n) is 4.51. The molecule has 4 heteroatoms. The third-order valence-electron chi connectivity index (χ3n) is 3.33. The van der Waals surface area contributed by atoms with Crippen LogP contribution < -0.4 is 5.32 Å². The van der Waals surface area contributed by atoms with Gasteiger partial charge in [0.1, 0.15) is 5.82 Å². The average molecular weight is 223 g/mol. The SMILES string of the molecule is CNC(Cc1nccn1C)CC1CCCO1. The van der Waals surface area contributed by atoms with E-state index < -0.39 is 0 Å². The zero-order chi connectivity index (χ0) is 11.4. The standard InChI is InChI=1S/C12H21N3O/c1-13-10(8-11-4-3-7-16-11)9-12-14-5-6-15(12)2/h5-6,10-11,13H,3-4,7-9H2,1-2H3. The van der Waals surface area contributed by atoms with Crippen molar-refractivity contribution in [1.82, 2.24) is 14.9 Å². The largest absolute Gasteiger partial charge is 0.378 e. The molecule has 2 heterocycles. The van der Waals surface area contributed by atoms with E-state index >= 15 is 0 Å². The van der Waals surface area contributed by atoms with Crippen molar-refractivity contribution in [3.05, 3.63) is 18.2 Å². The second-order valence-corrected chi connectivity index (χ2v) is 4.51. The summed E-state index contributed by atoms with van der Waals surface area (Å²) >= 11 is 0. The molecule has 1 aliphatic rings. The predicted molar refractivity (Wildman–Crippen MR) is 63.4 cm³/mol. The maximum Gasteiger partial charge on any atom is 0.109 e. The molecule has 1 aromatic heterocycles. The van der Waals surface area contributed by atoms with E-state index in [1.807, 2.05) is 26.5 Å². The van der Waals surface area contributed by atoms with E-state index in [1.165, 1.54) is 12.8 Å². The van der Waals surface area contributed by atoms with Crippen molar-refractivity contribution >= 4 is 0 Å². The number of ether oxygens (including phenoxy) is 1. The van der Waals surface area contributed by atoms with E-state index in [1.54, 1.807) is 0 Å². The van der Waals surface area contributed by atoms with Gasteiger partial charge < -0.3 is 14.6 Å². The molecule has 1 N–H and O–H groups in total. The first-order valence-electron chi connectivity index (χ1n) is 6.04. The van der Waals surface area contributed by atoms with Crippen LogP contribution in [0.2, 0.25) is 0 Å². The lowest BCUT2D eigenvalue weighted by Gasteiger charge is -2.19. The summed E-state index contributed by atoms with van der Waals surface area (Å²) < 4.78 is 7.75. The lowest BCUT2D eigenvalue weighted by Crippen LogP contribution is -2.32. The first-order chi connectivity index (χ1) is 7.79. The quantitative estimate of drug-likeness (QED) is 0.813. The number of likely N-dealkylation sites (N-methyl/N-ethyl adjacent to an activating group) is 1. The number of hydrogen-bond acceptors (Lipinski definition) is 3. The van der Waals surface area contributed by atoms with E-state index in [2.05, 4.69) is 14.9 Å². The Kier molecular flexibility index (Phi) is 3.96. The van der Waals surface area contributed by atoms with Crippen LogP contribution >= 0.6 is 0 Å². The maximum atomic E-state index is 5.67. The zero-order valence-corrected chi connectivity index (χ0v) is 10.1. The van der Waals surface area contributed by atoms with E-state index in [0.717, 1.165) is 25.3 Å². The monoisotopic (exact) mass is 223 g/mol. The van der Waals surface area contributed by atoms with Crippen LogP contribution in [0.5, 0.6) is 0 Å². The summed E-state index contributed by atoms with van der Waals surface area (Å²) in [6.45, 7) is 0.934. The van der Waals surface area contributed by atoms with Gasteiger partial charge in [0.15, 0.2) is 0 Å². The van der Waals surface area contributed by atoms with Gasteiger partial charge in [0.25, 0.3) is 0 Å². The van der Waals surface area contributed by atoms with Crippen LogP contribution in [0.25, 0.3) is 0 Å². The normalized spacial score (nSPS) is 22.5. The van der Waals surface area contributed by atoms with Gasteiger partial charge in [-0.1, -0.05) is 0 Å². The predicted octanol–water partition coefficient (Wildman–Crippen LogP) is 1.12. The number of aryl methyl sites for hydroxylation is 1. The molecule has 0 saturated carbocycles. The minimum Gasteiger partial charge on any atom is -0.378 e. The molecular formula is C12H21N3O. The van der Waals surface area contributed by atoms with Gasteiger partial charge in [-0.3, -0.25) is 0 Å². The summed E-state index contributed by atoms with van der Waals surface area (Å²) in [5.74, 6) is 1.14. The van der Waals surface area contributed by atoms with E-state index in [-0.39, 0.29) is 0 Å². The van der Waals surface area contributed by atoms with Crippen LogP contribution in [-0.4, -0.2) is 35.4 Å². The molecule has 0 amide bonds. The molecule has 0 radical (unpaired) electrons. The first-order valence-corrected chi connectivity index (χ1v) is 6.04. The molecular weight excluding hydrogens is 202 g/mol. The Morgan fingerprint density at radius 3 is 3.12 bits per heavy atom. The zero-order valence-electron chi connectivity index (χ0n) is 10.1. The molecule has 2 rings (SSSR count).